The molecule has 2 aromatic carbocycles. The average Bonchev–Trinajstić information content (AvgIpc) is 3.43. The van der Waals surface area contributed by atoms with Gasteiger partial charge in [-0.05, 0) is 67.9 Å². The lowest BCUT2D eigenvalue weighted by Crippen LogP contribution is -2.38. The number of aromatic nitrogens is 1. The molecule has 0 radical (unpaired) electrons. The van der Waals surface area contributed by atoms with Crippen LogP contribution in [-0.2, 0) is 19.5 Å². The van der Waals surface area contributed by atoms with Crippen LogP contribution in [0, 0.1) is 6.92 Å². The molecule has 1 atom stereocenters. The molecule has 2 aliphatic heterocycles. The van der Waals surface area contributed by atoms with Gasteiger partial charge in [0.2, 0.25) is 0 Å². The van der Waals surface area contributed by atoms with Crippen LogP contribution in [0.4, 0.5) is 10.5 Å². The van der Waals surface area contributed by atoms with Crippen LogP contribution in [0.5, 0.6) is 0 Å². The summed E-state index contributed by atoms with van der Waals surface area (Å²) in [6, 6.07) is 19.7. The van der Waals surface area contributed by atoms with Crippen molar-refractivity contribution in [2.45, 2.75) is 32.5 Å². The third-order valence-corrected chi connectivity index (χ3v) is 8.52. The highest BCUT2D eigenvalue weighted by Gasteiger charge is 2.36. The lowest BCUT2D eigenvalue weighted by Gasteiger charge is -2.32. The van der Waals surface area contributed by atoms with Gasteiger partial charge in [-0.3, -0.25) is 0 Å². The van der Waals surface area contributed by atoms with Crippen molar-refractivity contribution in [2.75, 3.05) is 18.9 Å². The van der Waals surface area contributed by atoms with Crippen molar-refractivity contribution in [3.63, 3.8) is 0 Å². The molecule has 1 N–H and O–H groups in total. The normalized spacial score (nSPS) is 17.3. The van der Waals surface area contributed by atoms with Crippen LogP contribution in [0.1, 0.15) is 38.9 Å². The molecule has 5 nitrogen and oxygen atoms in total. The first-order valence-corrected chi connectivity index (χ1v) is 13.1. The van der Waals surface area contributed by atoms with Gasteiger partial charge in [-0.15, -0.1) is 11.3 Å². The number of carbonyl (C=O) groups excluding carboxylic acids is 1. The molecule has 0 saturated carbocycles. The molecule has 178 valence electrons. The lowest BCUT2D eigenvalue weighted by molar-refractivity contribution is 0.194. The first-order valence-electron chi connectivity index (χ1n) is 11.9. The van der Waals surface area contributed by atoms with Gasteiger partial charge in [0.1, 0.15) is 5.00 Å². The summed E-state index contributed by atoms with van der Waals surface area (Å²) in [5, 5.41) is 5.07. The van der Waals surface area contributed by atoms with E-state index in [1.807, 2.05) is 71.7 Å². The Balaban J connectivity index is 1.48. The smallest absolute Gasteiger partial charge is 0.310 e. The quantitative estimate of drug-likeness (QED) is 0.334. The minimum Gasteiger partial charge on any atom is -0.310 e. The SMILES string of the molecule is Cc1ccc(NC(=O)N2Cc3c(sc4c3CCN(C)C4)-n3cccc3[C@@H]2c2ccc(Cl)cc2)cc1. The number of fused-ring (bicyclic) bond motifs is 5. The molecule has 0 aliphatic carbocycles. The van der Waals surface area contributed by atoms with E-state index in [1.54, 1.807) is 0 Å². The zero-order valence-electron chi connectivity index (χ0n) is 19.8. The van der Waals surface area contributed by atoms with E-state index < -0.39 is 0 Å². The van der Waals surface area contributed by atoms with E-state index in [1.165, 1.54) is 21.0 Å². The number of anilines is 1. The molecule has 4 heterocycles. The van der Waals surface area contributed by atoms with E-state index in [2.05, 4.69) is 40.2 Å². The maximum absolute atomic E-state index is 13.9. The molecule has 0 unspecified atom stereocenters. The molecule has 0 spiro atoms. The number of amides is 2. The number of halogens is 1. The fraction of sp³-hybridized carbons (Fsp3) is 0.250. The Morgan fingerprint density at radius 3 is 2.57 bits per heavy atom. The Bertz CT molecular complexity index is 1390. The summed E-state index contributed by atoms with van der Waals surface area (Å²) in [5.41, 5.74) is 6.76. The summed E-state index contributed by atoms with van der Waals surface area (Å²) < 4.78 is 2.29. The number of carbonyl (C=O) groups is 1. The van der Waals surface area contributed by atoms with Crippen molar-refractivity contribution in [2.24, 2.45) is 0 Å². The number of nitrogens with zero attached hydrogens (tertiary/aromatic N) is 3. The minimum atomic E-state index is -0.241. The van der Waals surface area contributed by atoms with Gasteiger partial charge in [-0.1, -0.05) is 41.4 Å². The van der Waals surface area contributed by atoms with Crippen LogP contribution in [0.25, 0.3) is 5.00 Å². The van der Waals surface area contributed by atoms with Crippen molar-refractivity contribution < 1.29 is 4.79 Å². The first-order chi connectivity index (χ1) is 17.0. The highest BCUT2D eigenvalue weighted by molar-refractivity contribution is 7.15. The number of aryl methyl sites for hydroxylation is 1. The van der Waals surface area contributed by atoms with Crippen LogP contribution in [0.15, 0.2) is 66.9 Å². The number of nitrogens with one attached hydrogen (secondary N) is 1. The Labute approximate surface area is 214 Å². The minimum absolute atomic E-state index is 0.109. The Morgan fingerprint density at radius 2 is 1.80 bits per heavy atom. The third kappa shape index (κ3) is 4.05. The van der Waals surface area contributed by atoms with E-state index in [0.717, 1.165) is 42.0 Å². The molecule has 0 fully saturated rings. The Hall–Kier alpha value is -3.06. The van der Waals surface area contributed by atoms with Crippen LogP contribution < -0.4 is 5.32 Å². The van der Waals surface area contributed by atoms with E-state index >= 15 is 0 Å². The summed E-state index contributed by atoms with van der Waals surface area (Å²) in [5.74, 6) is 0. The topological polar surface area (TPSA) is 40.5 Å². The lowest BCUT2D eigenvalue weighted by atomic mass is 10.0. The van der Waals surface area contributed by atoms with Crippen LogP contribution in [-0.4, -0.2) is 34.0 Å². The summed E-state index contributed by atoms with van der Waals surface area (Å²) in [6.07, 6.45) is 3.14. The van der Waals surface area contributed by atoms with Crippen LogP contribution in [0.3, 0.4) is 0 Å². The Morgan fingerprint density at radius 1 is 1.03 bits per heavy atom. The second kappa shape index (κ2) is 8.86. The highest BCUT2D eigenvalue weighted by atomic mass is 35.5. The number of hydrogen-bond acceptors (Lipinski definition) is 3. The van der Waals surface area contributed by atoms with E-state index in [-0.39, 0.29) is 12.1 Å². The van der Waals surface area contributed by atoms with Gasteiger partial charge in [-0.25, -0.2) is 4.79 Å². The summed E-state index contributed by atoms with van der Waals surface area (Å²) >= 11 is 8.09. The molecule has 2 aromatic heterocycles. The molecule has 7 heteroatoms. The number of urea groups is 1. The molecule has 6 rings (SSSR count). The van der Waals surface area contributed by atoms with E-state index in [0.29, 0.717) is 11.6 Å². The van der Waals surface area contributed by atoms with Crippen molar-refractivity contribution >= 4 is 34.7 Å². The maximum atomic E-state index is 13.9. The summed E-state index contributed by atoms with van der Waals surface area (Å²) in [7, 11) is 2.17. The summed E-state index contributed by atoms with van der Waals surface area (Å²) in [6.45, 7) is 4.59. The second-order valence-electron chi connectivity index (χ2n) is 9.46. The van der Waals surface area contributed by atoms with Crippen molar-refractivity contribution in [1.82, 2.24) is 14.4 Å². The van der Waals surface area contributed by atoms with Crippen molar-refractivity contribution in [3.8, 4) is 5.00 Å². The van der Waals surface area contributed by atoms with Gasteiger partial charge < -0.3 is 19.7 Å². The van der Waals surface area contributed by atoms with Crippen LogP contribution in [0.2, 0.25) is 5.02 Å². The van der Waals surface area contributed by atoms with Gasteiger partial charge in [-0.2, -0.15) is 0 Å². The highest BCUT2D eigenvalue weighted by Crippen LogP contribution is 2.43. The standard InChI is InChI=1S/C28H27ClN4OS/c1-18-5-11-21(12-6-18)30-28(34)33-16-23-22-13-15-31(2)17-25(22)35-27(23)32-14-3-4-24(32)26(33)19-7-9-20(29)10-8-19/h3-12,14,26H,13,15-17H2,1-2H3,(H,30,34)/t26-/m0/s1. The molecular formula is C28H27ClN4OS. The molecule has 35 heavy (non-hydrogen) atoms. The zero-order valence-corrected chi connectivity index (χ0v) is 21.4. The van der Waals surface area contributed by atoms with Gasteiger partial charge in [0.15, 0.2) is 0 Å². The fourth-order valence-electron chi connectivity index (χ4n) is 5.18. The molecule has 0 bridgehead atoms. The zero-order chi connectivity index (χ0) is 24.1. The molecule has 4 aromatic rings. The summed E-state index contributed by atoms with van der Waals surface area (Å²) in [4.78, 5) is 19.7. The first kappa shape index (κ1) is 22.4. The number of rotatable bonds is 2. The predicted molar refractivity (Wildman–Crippen MR) is 143 cm³/mol. The van der Waals surface area contributed by atoms with Crippen LogP contribution >= 0.6 is 22.9 Å². The number of likely N-dealkylation sites (N-methyl/N-ethyl adjacent to an activating group) is 1. The molecule has 2 aliphatic rings. The van der Waals surface area contributed by atoms with Crippen molar-refractivity contribution in [3.05, 3.63) is 105 Å². The van der Waals surface area contributed by atoms with E-state index in [9.17, 15) is 4.79 Å². The maximum Gasteiger partial charge on any atom is 0.322 e. The molecule has 0 saturated heterocycles. The Kier molecular flexibility index (Phi) is 5.67. The average molecular weight is 503 g/mol. The molecular weight excluding hydrogens is 476 g/mol. The predicted octanol–water partition coefficient (Wildman–Crippen LogP) is 6.63. The largest absolute Gasteiger partial charge is 0.322 e. The fourth-order valence-corrected chi connectivity index (χ4v) is 6.75. The number of thiophene rings is 1. The number of hydrogen-bond donors (Lipinski definition) is 1. The molecule has 2 amide bonds. The monoisotopic (exact) mass is 502 g/mol. The third-order valence-electron chi connectivity index (χ3n) is 7.00. The van der Waals surface area contributed by atoms with Crippen molar-refractivity contribution in [1.29, 1.82) is 0 Å². The van der Waals surface area contributed by atoms with Gasteiger partial charge in [0.05, 0.1) is 18.3 Å². The van der Waals surface area contributed by atoms with Gasteiger partial charge >= 0.3 is 6.03 Å². The van der Waals surface area contributed by atoms with Gasteiger partial charge in [0, 0.05) is 40.4 Å². The number of benzene rings is 2. The second-order valence-corrected chi connectivity index (χ2v) is 11.0. The van der Waals surface area contributed by atoms with Gasteiger partial charge in [0.25, 0.3) is 0 Å². The van der Waals surface area contributed by atoms with E-state index in [4.69, 9.17) is 11.6 Å².